The topological polar surface area (TPSA) is 9.23 Å². The molecule has 20 heavy (non-hydrogen) atoms. The Kier molecular flexibility index (Phi) is 20.0. The van der Waals surface area contributed by atoms with Crippen LogP contribution in [-0.2, 0) is 3.07 Å². The molecule has 0 spiro atoms. The zero-order valence-electron chi connectivity index (χ0n) is 13.7. The zero-order valence-corrected chi connectivity index (χ0v) is 16.5. The van der Waals surface area contributed by atoms with Gasteiger partial charge in [-0.15, -0.1) is 0 Å². The SMILES string of the molecule is CCCCCCCC/C=C\CCCCCCCC[O][Sn+]. The fourth-order valence-electron chi connectivity index (χ4n) is 2.42. The van der Waals surface area contributed by atoms with Gasteiger partial charge in [-0.25, -0.2) is 0 Å². The Labute approximate surface area is 141 Å². The number of hydrogen-bond donors (Lipinski definition) is 0. The molecule has 0 aromatic carbocycles. The molecule has 0 aromatic heterocycles. The van der Waals surface area contributed by atoms with E-state index in [9.17, 15) is 0 Å². The van der Waals surface area contributed by atoms with E-state index < -0.39 is 0 Å². The summed E-state index contributed by atoms with van der Waals surface area (Å²) >= 11 is 1.21. The van der Waals surface area contributed by atoms with Gasteiger partial charge in [0.2, 0.25) is 0 Å². The van der Waals surface area contributed by atoms with Crippen LogP contribution < -0.4 is 0 Å². The van der Waals surface area contributed by atoms with E-state index in [0.717, 1.165) is 6.61 Å². The van der Waals surface area contributed by atoms with Crippen LogP contribution in [0.3, 0.4) is 0 Å². The van der Waals surface area contributed by atoms with Crippen LogP contribution in [0.1, 0.15) is 96.8 Å². The maximum absolute atomic E-state index is 5.14. The van der Waals surface area contributed by atoms with E-state index in [1.165, 1.54) is 113 Å². The molecule has 2 heteroatoms. The molecule has 0 aromatic rings. The zero-order chi connectivity index (χ0) is 14.7. The molecule has 0 rings (SSSR count). The predicted molar refractivity (Wildman–Crippen MR) is 91.2 cm³/mol. The second-order valence-electron chi connectivity index (χ2n) is 5.79. The minimum absolute atomic E-state index is 0.972. The monoisotopic (exact) mass is 387 g/mol. The molecule has 1 nitrogen and oxygen atoms in total. The molecule has 0 atom stereocenters. The predicted octanol–water partition coefficient (Wildman–Crippen LogP) is 6.12. The second kappa shape index (κ2) is 19.5. The summed E-state index contributed by atoms with van der Waals surface area (Å²) in [5, 5.41) is 0. The van der Waals surface area contributed by atoms with Gasteiger partial charge in [-0.1, -0.05) is 39.0 Å². The summed E-state index contributed by atoms with van der Waals surface area (Å²) in [6, 6.07) is 0. The molecule has 0 unspecified atom stereocenters. The molecule has 0 N–H and O–H groups in total. The van der Waals surface area contributed by atoms with Crippen LogP contribution in [0.25, 0.3) is 0 Å². The van der Waals surface area contributed by atoms with E-state index in [4.69, 9.17) is 3.07 Å². The fourth-order valence-corrected chi connectivity index (χ4v) is 2.83. The molecule has 0 amide bonds. The van der Waals surface area contributed by atoms with Crippen LogP contribution in [0.2, 0.25) is 0 Å². The van der Waals surface area contributed by atoms with Crippen LogP contribution >= 0.6 is 0 Å². The summed E-state index contributed by atoms with van der Waals surface area (Å²) in [4.78, 5) is 0. The maximum atomic E-state index is 5.14. The van der Waals surface area contributed by atoms with Crippen LogP contribution in [0, 0.1) is 0 Å². The molecular weight excluding hydrogens is 351 g/mol. The normalized spacial score (nSPS) is 11.4. The van der Waals surface area contributed by atoms with E-state index in [2.05, 4.69) is 19.1 Å². The molecular formula is C18H35OSn+. The average Bonchev–Trinajstić information content (AvgIpc) is 2.47. The summed E-state index contributed by atoms with van der Waals surface area (Å²) in [7, 11) is 0. The van der Waals surface area contributed by atoms with E-state index in [1.54, 1.807) is 0 Å². The first-order valence-electron chi connectivity index (χ1n) is 8.85. The number of hydrogen-bond acceptors (Lipinski definition) is 1. The third kappa shape index (κ3) is 18.5. The van der Waals surface area contributed by atoms with Crippen molar-refractivity contribution >= 4 is 22.9 Å². The van der Waals surface area contributed by atoms with Gasteiger partial charge in [-0.3, -0.25) is 0 Å². The van der Waals surface area contributed by atoms with Crippen molar-refractivity contribution in [1.29, 1.82) is 0 Å². The van der Waals surface area contributed by atoms with Crippen molar-refractivity contribution in [3.63, 3.8) is 0 Å². The van der Waals surface area contributed by atoms with Crippen LogP contribution in [-0.4, -0.2) is 29.5 Å². The number of allylic oxidation sites excluding steroid dienone is 2. The van der Waals surface area contributed by atoms with Crippen molar-refractivity contribution in [3.05, 3.63) is 12.2 Å². The van der Waals surface area contributed by atoms with Crippen LogP contribution in [0.5, 0.6) is 0 Å². The summed E-state index contributed by atoms with van der Waals surface area (Å²) in [5.41, 5.74) is 0. The van der Waals surface area contributed by atoms with Gasteiger partial charge in [0, 0.05) is 0 Å². The summed E-state index contributed by atoms with van der Waals surface area (Å²) in [6.45, 7) is 3.25. The van der Waals surface area contributed by atoms with E-state index in [0.29, 0.717) is 0 Å². The van der Waals surface area contributed by atoms with Crippen molar-refractivity contribution < 1.29 is 3.07 Å². The van der Waals surface area contributed by atoms with E-state index in [-0.39, 0.29) is 0 Å². The van der Waals surface area contributed by atoms with E-state index in [1.807, 2.05) is 0 Å². The summed E-state index contributed by atoms with van der Waals surface area (Å²) < 4.78 is 5.14. The average molecular weight is 386 g/mol. The first-order valence-corrected chi connectivity index (χ1v) is 10.0. The van der Waals surface area contributed by atoms with Crippen molar-refractivity contribution in [2.24, 2.45) is 0 Å². The van der Waals surface area contributed by atoms with Crippen molar-refractivity contribution in [2.75, 3.05) is 6.61 Å². The number of rotatable bonds is 16. The number of unbranched alkanes of at least 4 members (excludes halogenated alkanes) is 12. The van der Waals surface area contributed by atoms with E-state index >= 15 is 0 Å². The molecule has 0 fully saturated rings. The Morgan fingerprint density at radius 1 is 0.650 bits per heavy atom. The Morgan fingerprint density at radius 2 is 1.10 bits per heavy atom. The van der Waals surface area contributed by atoms with Gasteiger partial charge in [0.05, 0.1) is 0 Å². The summed E-state index contributed by atoms with van der Waals surface area (Å²) in [6.07, 6.45) is 24.0. The fraction of sp³-hybridized carbons (Fsp3) is 0.889. The van der Waals surface area contributed by atoms with Crippen molar-refractivity contribution in [3.8, 4) is 0 Å². The molecule has 0 saturated carbocycles. The third-order valence-corrected chi connectivity index (χ3v) is 4.34. The van der Waals surface area contributed by atoms with Crippen LogP contribution in [0.15, 0.2) is 12.2 Å². The van der Waals surface area contributed by atoms with Crippen molar-refractivity contribution in [1.82, 2.24) is 0 Å². The van der Waals surface area contributed by atoms with Gasteiger partial charge in [0.15, 0.2) is 0 Å². The molecule has 0 aliphatic rings. The molecule has 0 heterocycles. The molecule has 0 aliphatic heterocycles. The van der Waals surface area contributed by atoms with Gasteiger partial charge in [0.1, 0.15) is 0 Å². The molecule has 116 valence electrons. The third-order valence-electron chi connectivity index (χ3n) is 3.76. The Bertz CT molecular complexity index is 192. The van der Waals surface area contributed by atoms with Gasteiger partial charge in [-0.2, -0.15) is 0 Å². The van der Waals surface area contributed by atoms with Crippen LogP contribution in [0.4, 0.5) is 0 Å². The van der Waals surface area contributed by atoms with Gasteiger partial charge in [0.25, 0.3) is 0 Å². The molecule has 0 bridgehead atoms. The second-order valence-corrected chi connectivity index (χ2v) is 6.61. The first kappa shape index (κ1) is 20.5. The van der Waals surface area contributed by atoms with Gasteiger partial charge in [-0.05, 0) is 6.42 Å². The first-order chi connectivity index (χ1) is 9.91. The minimum atomic E-state index is 0.972. The molecule has 0 aliphatic carbocycles. The Balaban J connectivity index is 3.01. The van der Waals surface area contributed by atoms with Crippen molar-refractivity contribution in [2.45, 2.75) is 96.8 Å². The Hall–Kier alpha value is 0.499. The molecule has 2 radical (unpaired) electrons. The quantitative estimate of drug-likeness (QED) is 0.176. The van der Waals surface area contributed by atoms with Gasteiger partial charge < -0.3 is 0 Å². The molecule has 0 saturated heterocycles. The Morgan fingerprint density at radius 3 is 1.60 bits per heavy atom. The van der Waals surface area contributed by atoms with Gasteiger partial charge >= 0.3 is 96.1 Å². The summed E-state index contributed by atoms with van der Waals surface area (Å²) in [5.74, 6) is 0. The standard InChI is InChI=1S/C18H35O.Sn/c1-2-3-4-5-6-7-8-9-10-11-12-13-14-15-16-17-18-19;/h9-10H,2-8,11-18H2,1H3;/q-1;+2/b10-9-;.